The Balaban J connectivity index is 2.70. The van der Waals surface area contributed by atoms with Gasteiger partial charge in [-0.1, -0.05) is 22.8 Å². The number of hydrogen-bond acceptors (Lipinski definition) is 3. The number of halogens is 1. The molecular formula is C10H12ClN3O2. The van der Waals surface area contributed by atoms with Crippen LogP contribution in [0.1, 0.15) is 15.9 Å². The van der Waals surface area contributed by atoms with Gasteiger partial charge < -0.3 is 16.3 Å². The van der Waals surface area contributed by atoms with Crippen molar-refractivity contribution in [1.82, 2.24) is 5.32 Å². The first kappa shape index (κ1) is 12.3. The van der Waals surface area contributed by atoms with Gasteiger partial charge >= 0.3 is 0 Å². The van der Waals surface area contributed by atoms with E-state index in [0.717, 1.165) is 5.56 Å². The van der Waals surface area contributed by atoms with Crippen LogP contribution in [-0.2, 0) is 0 Å². The number of benzene rings is 1. The summed E-state index contributed by atoms with van der Waals surface area (Å²) in [6.45, 7) is 1.83. The van der Waals surface area contributed by atoms with Crippen LogP contribution in [0.15, 0.2) is 23.4 Å². The molecule has 6 heteroatoms. The van der Waals surface area contributed by atoms with Gasteiger partial charge in [-0.2, -0.15) is 0 Å². The molecule has 1 aromatic rings. The predicted octanol–water partition coefficient (Wildman–Crippen LogP) is 1.12. The van der Waals surface area contributed by atoms with Gasteiger partial charge in [0.1, 0.15) is 0 Å². The summed E-state index contributed by atoms with van der Waals surface area (Å²) < 4.78 is 0. The molecule has 0 fully saturated rings. The minimum atomic E-state index is -0.325. The Morgan fingerprint density at radius 3 is 2.88 bits per heavy atom. The summed E-state index contributed by atoms with van der Waals surface area (Å²) in [5, 5.41) is 14.0. The molecule has 5 nitrogen and oxygen atoms in total. The summed E-state index contributed by atoms with van der Waals surface area (Å²) in [6.07, 6.45) is 0. The van der Waals surface area contributed by atoms with Crippen molar-refractivity contribution in [3.63, 3.8) is 0 Å². The van der Waals surface area contributed by atoms with E-state index in [0.29, 0.717) is 10.6 Å². The van der Waals surface area contributed by atoms with E-state index in [1.807, 2.05) is 6.92 Å². The van der Waals surface area contributed by atoms with Gasteiger partial charge in [0.2, 0.25) is 0 Å². The van der Waals surface area contributed by atoms with E-state index in [-0.39, 0.29) is 18.3 Å². The van der Waals surface area contributed by atoms with E-state index in [4.69, 9.17) is 22.5 Å². The number of nitrogens with one attached hydrogen (secondary N) is 1. The Morgan fingerprint density at radius 1 is 1.62 bits per heavy atom. The Labute approximate surface area is 97.9 Å². The maximum absolute atomic E-state index is 11.6. The smallest absolute Gasteiger partial charge is 0.251 e. The molecule has 0 aliphatic carbocycles. The molecule has 4 N–H and O–H groups in total. The van der Waals surface area contributed by atoms with Crippen molar-refractivity contribution in [3.8, 4) is 0 Å². The number of hydrogen-bond donors (Lipinski definition) is 3. The minimum Gasteiger partial charge on any atom is -0.409 e. The van der Waals surface area contributed by atoms with E-state index >= 15 is 0 Å². The Morgan fingerprint density at radius 2 is 2.31 bits per heavy atom. The van der Waals surface area contributed by atoms with Crippen LogP contribution in [0.4, 0.5) is 0 Å². The summed E-state index contributed by atoms with van der Waals surface area (Å²) in [4.78, 5) is 11.6. The highest BCUT2D eigenvalue weighted by Gasteiger charge is 2.07. The molecule has 0 aliphatic heterocycles. The summed E-state index contributed by atoms with van der Waals surface area (Å²) in [5.74, 6) is -0.389. The second kappa shape index (κ2) is 5.37. The molecule has 86 valence electrons. The molecule has 16 heavy (non-hydrogen) atoms. The van der Waals surface area contributed by atoms with Gasteiger partial charge in [0.25, 0.3) is 5.91 Å². The normalized spacial score (nSPS) is 11.2. The average Bonchev–Trinajstić information content (AvgIpc) is 2.29. The predicted molar refractivity (Wildman–Crippen MR) is 61.9 cm³/mol. The Kier molecular flexibility index (Phi) is 4.13. The van der Waals surface area contributed by atoms with Crippen molar-refractivity contribution < 1.29 is 10.0 Å². The summed E-state index contributed by atoms with van der Waals surface area (Å²) in [7, 11) is 0. The van der Waals surface area contributed by atoms with Crippen molar-refractivity contribution in [2.45, 2.75) is 6.92 Å². The number of rotatable bonds is 3. The lowest BCUT2D eigenvalue weighted by atomic mass is 10.1. The molecular weight excluding hydrogens is 230 g/mol. The lowest BCUT2D eigenvalue weighted by Gasteiger charge is -2.05. The molecule has 0 unspecified atom stereocenters. The fourth-order valence-electron chi connectivity index (χ4n) is 1.04. The van der Waals surface area contributed by atoms with Crippen LogP contribution in [0, 0.1) is 6.92 Å². The number of nitrogens with zero attached hydrogens (tertiary/aromatic N) is 1. The first-order valence-corrected chi connectivity index (χ1v) is 4.93. The highest BCUT2D eigenvalue weighted by atomic mass is 35.5. The third-order valence-corrected chi connectivity index (χ3v) is 2.40. The molecule has 0 radical (unpaired) electrons. The van der Waals surface area contributed by atoms with Crippen molar-refractivity contribution >= 4 is 23.3 Å². The maximum Gasteiger partial charge on any atom is 0.251 e. The third-order valence-electron chi connectivity index (χ3n) is 1.99. The first-order chi connectivity index (χ1) is 7.54. The number of amides is 1. The quantitative estimate of drug-likeness (QED) is 0.321. The maximum atomic E-state index is 11.6. The van der Waals surface area contributed by atoms with Crippen LogP contribution in [0.3, 0.4) is 0 Å². The molecule has 0 atom stereocenters. The van der Waals surface area contributed by atoms with E-state index in [9.17, 15) is 4.79 Å². The average molecular weight is 242 g/mol. The molecule has 1 rings (SSSR count). The minimum absolute atomic E-state index is 0.0131. The van der Waals surface area contributed by atoms with Gasteiger partial charge in [-0.15, -0.1) is 0 Å². The second-order valence-corrected chi connectivity index (χ2v) is 3.65. The van der Waals surface area contributed by atoms with Crippen LogP contribution in [0.2, 0.25) is 5.02 Å². The van der Waals surface area contributed by atoms with Crippen LogP contribution >= 0.6 is 11.6 Å². The largest absolute Gasteiger partial charge is 0.409 e. The van der Waals surface area contributed by atoms with Gasteiger partial charge in [0, 0.05) is 10.6 Å². The van der Waals surface area contributed by atoms with Gasteiger partial charge in [-0.05, 0) is 24.6 Å². The van der Waals surface area contributed by atoms with E-state index < -0.39 is 0 Å². The number of oxime groups is 1. The highest BCUT2D eigenvalue weighted by molar-refractivity contribution is 6.31. The fraction of sp³-hybridized carbons (Fsp3) is 0.200. The van der Waals surface area contributed by atoms with Crippen LogP contribution in [0.5, 0.6) is 0 Å². The van der Waals surface area contributed by atoms with Crippen LogP contribution in [-0.4, -0.2) is 23.5 Å². The van der Waals surface area contributed by atoms with Gasteiger partial charge in [-0.25, -0.2) is 0 Å². The fourth-order valence-corrected chi connectivity index (χ4v) is 1.22. The molecule has 0 aliphatic rings. The highest BCUT2D eigenvalue weighted by Crippen LogP contribution is 2.16. The topological polar surface area (TPSA) is 87.7 Å². The van der Waals surface area contributed by atoms with E-state index in [2.05, 4.69) is 10.5 Å². The summed E-state index contributed by atoms with van der Waals surface area (Å²) >= 11 is 5.88. The van der Waals surface area contributed by atoms with Gasteiger partial charge in [-0.3, -0.25) is 4.79 Å². The zero-order chi connectivity index (χ0) is 12.1. The van der Waals surface area contributed by atoms with E-state index in [1.54, 1.807) is 18.2 Å². The number of aryl methyl sites for hydroxylation is 1. The van der Waals surface area contributed by atoms with Crippen LogP contribution < -0.4 is 11.1 Å². The molecule has 0 aromatic heterocycles. The molecule has 0 spiro atoms. The molecule has 0 saturated carbocycles. The number of carbonyl (C=O) groups excluding carboxylic acids is 1. The van der Waals surface area contributed by atoms with Crippen molar-refractivity contribution in [2.75, 3.05) is 6.54 Å². The monoisotopic (exact) mass is 241 g/mol. The summed E-state index contributed by atoms with van der Waals surface area (Å²) in [5.41, 5.74) is 6.54. The van der Waals surface area contributed by atoms with Crippen molar-refractivity contribution in [2.24, 2.45) is 10.9 Å². The Bertz CT molecular complexity index is 432. The molecule has 0 bridgehead atoms. The number of carbonyl (C=O) groups is 1. The third kappa shape index (κ3) is 3.13. The lowest BCUT2D eigenvalue weighted by Crippen LogP contribution is -2.33. The van der Waals surface area contributed by atoms with Crippen LogP contribution in [0.25, 0.3) is 0 Å². The van der Waals surface area contributed by atoms with Crippen molar-refractivity contribution in [1.29, 1.82) is 0 Å². The standard InChI is InChI=1S/C10H12ClN3O2/c1-6-2-3-7(4-8(6)11)10(15)13-5-9(12)14-16/h2-4,16H,5H2,1H3,(H2,12,14)(H,13,15). The first-order valence-electron chi connectivity index (χ1n) is 4.55. The van der Waals surface area contributed by atoms with E-state index in [1.165, 1.54) is 0 Å². The number of nitrogens with two attached hydrogens (primary N) is 1. The molecule has 1 aromatic carbocycles. The number of amidine groups is 1. The molecule has 0 saturated heterocycles. The van der Waals surface area contributed by atoms with Crippen molar-refractivity contribution in [3.05, 3.63) is 34.3 Å². The summed E-state index contributed by atoms with van der Waals surface area (Å²) in [6, 6.07) is 4.97. The lowest BCUT2D eigenvalue weighted by molar-refractivity contribution is 0.0959. The second-order valence-electron chi connectivity index (χ2n) is 3.24. The zero-order valence-electron chi connectivity index (χ0n) is 8.70. The molecule has 1 amide bonds. The zero-order valence-corrected chi connectivity index (χ0v) is 9.45. The Hall–Kier alpha value is -1.75. The molecule has 0 heterocycles. The SMILES string of the molecule is Cc1ccc(C(=O)NCC(N)=NO)cc1Cl. The van der Waals surface area contributed by atoms with Gasteiger partial charge in [0.15, 0.2) is 5.84 Å². The van der Waals surface area contributed by atoms with Gasteiger partial charge in [0.05, 0.1) is 6.54 Å².